The van der Waals surface area contributed by atoms with E-state index in [1.807, 2.05) is 11.8 Å². The van der Waals surface area contributed by atoms with E-state index in [4.69, 9.17) is 0 Å². The van der Waals surface area contributed by atoms with Gasteiger partial charge >= 0.3 is 0 Å². The Balaban J connectivity index is 2.76. The Bertz CT molecular complexity index is 358. The zero-order chi connectivity index (χ0) is 12.9. The fraction of sp³-hybridized carbons (Fsp3) is 0.571. The summed E-state index contributed by atoms with van der Waals surface area (Å²) in [7, 11) is 0. The van der Waals surface area contributed by atoms with Crippen molar-refractivity contribution in [1.29, 1.82) is 0 Å². The Labute approximate surface area is 118 Å². The summed E-state index contributed by atoms with van der Waals surface area (Å²) in [5.74, 6) is 1.18. The summed E-state index contributed by atoms with van der Waals surface area (Å²) in [5, 5.41) is 3.55. The highest BCUT2D eigenvalue weighted by atomic mass is 79.9. The second-order valence-corrected chi connectivity index (χ2v) is 7.26. The van der Waals surface area contributed by atoms with Gasteiger partial charge in [0.15, 0.2) is 0 Å². The van der Waals surface area contributed by atoms with Gasteiger partial charge in [0.05, 0.1) is 0 Å². The molecule has 1 N–H and O–H groups in total. The van der Waals surface area contributed by atoms with Crippen molar-refractivity contribution in [2.45, 2.75) is 51.1 Å². The molecule has 0 aliphatic rings. The van der Waals surface area contributed by atoms with Crippen LogP contribution in [0, 0.1) is 0 Å². The van der Waals surface area contributed by atoms with Crippen molar-refractivity contribution >= 4 is 27.7 Å². The van der Waals surface area contributed by atoms with E-state index < -0.39 is 0 Å². The lowest BCUT2D eigenvalue weighted by Crippen LogP contribution is -2.35. The van der Waals surface area contributed by atoms with E-state index in [9.17, 15) is 0 Å². The van der Waals surface area contributed by atoms with Crippen LogP contribution in [0.5, 0.6) is 0 Å². The third-order valence-corrected chi connectivity index (χ3v) is 4.11. The maximum Gasteiger partial charge on any atom is 0.0221 e. The minimum atomic E-state index is 0.162. The Morgan fingerprint density at radius 3 is 2.59 bits per heavy atom. The Morgan fingerprint density at radius 1 is 1.29 bits per heavy atom. The van der Waals surface area contributed by atoms with Crippen molar-refractivity contribution in [3.05, 3.63) is 28.2 Å². The van der Waals surface area contributed by atoms with Crippen LogP contribution in [0.2, 0.25) is 0 Å². The molecule has 1 aromatic carbocycles. The van der Waals surface area contributed by atoms with Crippen LogP contribution in [0.3, 0.4) is 0 Å². The zero-order valence-corrected chi connectivity index (χ0v) is 13.5. The molecule has 0 unspecified atom stereocenters. The van der Waals surface area contributed by atoms with Crippen molar-refractivity contribution in [3.63, 3.8) is 0 Å². The van der Waals surface area contributed by atoms with Gasteiger partial charge in [0, 0.05) is 21.5 Å². The van der Waals surface area contributed by atoms with Gasteiger partial charge in [0.1, 0.15) is 0 Å². The first-order valence-corrected chi connectivity index (χ1v) is 7.86. The summed E-state index contributed by atoms with van der Waals surface area (Å²) >= 11 is 5.49. The van der Waals surface area contributed by atoms with Gasteiger partial charge < -0.3 is 5.32 Å². The molecule has 1 aromatic rings. The standard InChI is InChI=1S/C14H22BrNS/c1-5-8-17-13-7-6-12(15)9-11(13)10-16-14(2,3)4/h6-7,9,16H,5,8,10H2,1-4H3. The average molecular weight is 316 g/mol. The smallest absolute Gasteiger partial charge is 0.0221 e. The van der Waals surface area contributed by atoms with Gasteiger partial charge in [0.2, 0.25) is 0 Å². The SMILES string of the molecule is CCCSc1ccc(Br)cc1CNC(C)(C)C. The van der Waals surface area contributed by atoms with Gasteiger partial charge in [-0.05, 0) is 56.7 Å². The first-order chi connectivity index (χ1) is 7.92. The maximum absolute atomic E-state index is 3.55. The molecule has 1 rings (SSSR count). The lowest BCUT2D eigenvalue weighted by Gasteiger charge is -2.21. The van der Waals surface area contributed by atoms with Crippen LogP contribution in [-0.4, -0.2) is 11.3 Å². The Kier molecular flexibility index (Phi) is 6.04. The lowest BCUT2D eigenvalue weighted by atomic mass is 10.1. The van der Waals surface area contributed by atoms with E-state index in [-0.39, 0.29) is 5.54 Å². The number of nitrogens with one attached hydrogen (secondary N) is 1. The number of hydrogen-bond acceptors (Lipinski definition) is 2. The summed E-state index contributed by atoms with van der Waals surface area (Å²) in [5.41, 5.74) is 1.54. The van der Waals surface area contributed by atoms with E-state index in [1.54, 1.807) is 0 Å². The molecule has 0 spiro atoms. The quantitative estimate of drug-likeness (QED) is 0.780. The second kappa shape index (κ2) is 6.81. The molecular weight excluding hydrogens is 294 g/mol. The monoisotopic (exact) mass is 315 g/mol. The molecule has 0 radical (unpaired) electrons. The number of hydrogen-bond donors (Lipinski definition) is 1. The summed E-state index contributed by atoms with van der Waals surface area (Å²) < 4.78 is 1.16. The van der Waals surface area contributed by atoms with Gasteiger partial charge in [-0.25, -0.2) is 0 Å². The molecule has 17 heavy (non-hydrogen) atoms. The predicted molar refractivity (Wildman–Crippen MR) is 81.7 cm³/mol. The topological polar surface area (TPSA) is 12.0 Å². The molecule has 0 bridgehead atoms. The number of halogens is 1. The van der Waals surface area contributed by atoms with E-state index in [0.29, 0.717) is 0 Å². The highest BCUT2D eigenvalue weighted by molar-refractivity contribution is 9.10. The summed E-state index contributed by atoms with van der Waals surface area (Å²) in [6.45, 7) is 9.74. The molecule has 3 heteroatoms. The number of thioether (sulfide) groups is 1. The van der Waals surface area contributed by atoms with Crippen molar-refractivity contribution in [2.75, 3.05) is 5.75 Å². The average Bonchev–Trinajstić information content (AvgIpc) is 2.24. The molecule has 0 saturated carbocycles. The normalized spacial score (nSPS) is 11.8. The first kappa shape index (κ1) is 15.1. The van der Waals surface area contributed by atoms with Crippen molar-refractivity contribution in [2.24, 2.45) is 0 Å². The fourth-order valence-electron chi connectivity index (χ4n) is 1.40. The lowest BCUT2D eigenvalue weighted by molar-refractivity contribution is 0.422. The van der Waals surface area contributed by atoms with Crippen LogP contribution in [0.15, 0.2) is 27.6 Å². The Hall–Kier alpha value is 0.01000. The Morgan fingerprint density at radius 2 is 2.00 bits per heavy atom. The van der Waals surface area contributed by atoms with Gasteiger partial charge in [-0.1, -0.05) is 22.9 Å². The van der Waals surface area contributed by atoms with Crippen molar-refractivity contribution in [1.82, 2.24) is 5.32 Å². The van der Waals surface area contributed by atoms with E-state index >= 15 is 0 Å². The number of benzene rings is 1. The van der Waals surface area contributed by atoms with Crippen LogP contribution >= 0.6 is 27.7 Å². The van der Waals surface area contributed by atoms with Crippen LogP contribution in [0.25, 0.3) is 0 Å². The van der Waals surface area contributed by atoms with Gasteiger partial charge in [0.25, 0.3) is 0 Å². The van der Waals surface area contributed by atoms with Crippen LogP contribution in [0.4, 0.5) is 0 Å². The predicted octanol–water partition coefficient (Wildman–Crippen LogP) is 4.84. The van der Waals surface area contributed by atoms with Crippen LogP contribution in [-0.2, 0) is 6.54 Å². The first-order valence-electron chi connectivity index (χ1n) is 6.08. The number of rotatable bonds is 5. The summed E-state index contributed by atoms with van der Waals surface area (Å²) in [6, 6.07) is 6.55. The fourth-order valence-corrected chi connectivity index (χ4v) is 2.71. The van der Waals surface area contributed by atoms with Gasteiger partial charge in [-0.2, -0.15) is 0 Å². The van der Waals surface area contributed by atoms with Gasteiger partial charge in [-0.15, -0.1) is 11.8 Å². The molecule has 0 aliphatic heterocycles. The molecule has 0 aromatic heterocycles. The minimum absolute atomic E-state index is 0.162. The second-order valence-electron chi connectivity index (χ2n) is 5.20. The molecule has 0 saturated heterocycles. The van der Waals surface area contributed by atoms with Crippen LogP contribution < -0.4 is 5.32 Å². The molecule has 96 valence electrons. The van der Waals surface area contributed by atoms with E-state index in [2.05, 4.69) is 67.1 Å². The maximum atomic E-state index is 3.55. The molecule has 0 heterocycles. The molecule has 1 nitrogen and oxygen atoms in total. The molecule has 0 fully saturated rings. The van der Waals surface area contributed by atoms with Gasteiger partial charge in [-0.3, -0.25) is 0 Å². The van der Waals surface area contributed by atoms with Crippen molar-refractivity contribution < 1.29 is 0 Å². The highest BCUT2D eigenvalue weighted by Gasteiger charge is 2.10. The van der Waals surface area contributed by atoms with Crippen molar-refractivity contribution in [3.8, 4) is 0 Å². The minimum Gasteiger partial charge on any atom is -0.308 e. The zero-order valence-electron chi connectivity index (χ0n) is 11.1. The molecular formula is C14H22BrNS. The largest absolute Gasteiger partial charge is 0.308 e. The molecule has 0 aliphatic carbocycles. The van der Waals surface area contributed by atoms with Crippen LogP contribution in [0.1, 0.15) is 39.7 Å². The molecule has 0 atom stereocenters. The summed E-state index contributed by atoms with van der Waals surface area (Å²) in [4.78, 5) is 1.40. The van der Waals surface area contributed by atoms with E-state index in [1.165, 1.54) is 22.6 Å². The van der Waals surface area contributed by atoms with E-state index in [0.717, 1.165) is 11.0 Å². The molecule has 0 amide bonds. The third kappa shape index (κ3) is 5.94. The third-order valence-electron chi connectivity index (χ3n) is 2.29. The highest BCUT2D eigenvalue weighted by Crippen LogP contribution is 2.26. The summed E-state index contributed by atoms with van der Waals surface area (Å²) in [6.07, 6.45) is 1.22.